The van der Waals surface area contributed by atoms with Gasteiger partial charge in [0.25, 0.3) is 5.91 Å². The van der Waals surface area contributed by atoms with Gasteiger partial charge in [0.2, 0.25) is 0 Å². The Bertz CT molecular complexity index is 1510. The van der Waals surface area contributed by atoms with Crippen LogP contribution in [0.5, 0.6) is 5.75 Å². The Kier molecular flexibility index (Phi) is 7.79. The number of anilines is 1. The molecule has 238 valence electrons. The van der Waals surface area contributed by atoms with Gasteiger partial charge < -0.3 is 14.9 Å². The van der Waals surface area contributed by atoms with E-state index in [-0.39, 0.29) is 11.7 Å². The zero-order valence-electron chi connectivity index (χ0n) is 25.8. The molecule has 6 nitrogen and oxygen atoms in total. The van der Waals surface area contributed by atoms with Crippen molar-refractivity contribution in [2.24, 2.45) is 23.2 Å². The summed E-state index contributed by atoms with van der Waals surface area (Å²) >= 11 is 0. The van der Waals surface area contributed by atoms with Crippen molar-refractivity contribution in [3.63, 3.8) is 0 Å². The fraction of sp³-hybridized carbons (Fsp3) is 0.500. The third-order valence-corrected chi connectivity index (χ3v) is 10.7. The van der Waals surface area contributed by atoms with Crippen LogP contribution in [0.3, 0.4) is 0 Å². The smallest absolute Gasteiger partial charge is 0.416 e. The molecule has 5 aliphatic rings. The van der Waals surface area contributed by atoms with E-state index in [0.717, 1.165) is 49.1 Å². The van der Waals surface area contributed by atoms with Crippen molar-refractivity contribution in [2.45, 2.75) is 51.2 Å². The number of hydrogen-bond acceptors (Lipinski definition) is 5. The Hall–Kier alpha value is -3.59. The predicted octanol–water partition coefficient (Wildman–Crippen LogP) is 7.08. The van der Waals surface area contributed by atoms with Crippen LogP contribution in [0.1, 0.15) is 60.0 Å². The third kappa shape index (κ3) is 6.41. The molecule has 9 heteroatoms. The maximum atomic E-state index is 13.7. The number of rotatable bonds is 7. The standard InChI is InChI=1S/C36H41F3N4O2/c1-41(23-35-17-24-10-25(18-35)12-26(11-24)19-35)34(45)28-2-4-32(5-3-28)43-8-6-42(7-9-43)22-27-13-29(15-31(14-27)36(37,38)39)30-16-33(44)21-40-20-30/h2-5,13-16,20-21,24-26,44H,6-12,17-19,22-23H2,1H3. The second kappa shape index (κ2) is 11.6. The summed E-state index contributed by atoms with van der Waals surface area (Å²) in [5.41, 5.74) is 2.75. The number of carbonyl (C=O) groups is 1. The van der Waals surface area contributed by atoms with E-state index in [1.807, 2.05) is 36.2 Å². The molecule has 4 aliphatic carbocycles. The highest BCUT2D eigenvalue weighted by atomic mass is 19.4. The molecule has 2 heterocycles. The minimum atomic E-state index is -4.48. The molecule has 5 fully saturated rings. The Morgan fingerprint density at radius 2 is 1.56 bits per heavy atom. The zero-order chi connectivity index (χ0) is 31.3. The van der Waals surface area contributed by atoms with E-state index in [0.29, 0.717) is 47.3 Å². The predicted molar refractivity (Wildman–Crippen MR) is 168 cm³/mol. The van der Waals surface area contributed by atoms with Gasteiger partial charge in [-0.3, -0.25) is 14.7 Å². The molecule has 0 atom stereocenters. The second-order valence-electron chi connectivity index (χ2n) is 14.2. The van der Waals surface area contributed by atoms with Crippen LogP contribution < -0.4 is 4.90 Å². The number of halogens is 3. The van der Waals surface area contributed by atoms with Gasteiger partial charge in [-0.1, -0.05) is 0 Å². The number of amides is 1. The van der Waals surface area contributed by atoms with Crippen molar-refractivity contribution in [3.8, 4) is 16.9 Å². The maximum absolute atomic E-state index is 13.7. The first-order valence-electron chi connectivity index (χ1n) is 16.2. The van der Waals surface area contributed by atoms with Crippen LogP contribution in [0.25, 0.3) is 11.1 Å². The van der Waals surface area contributed by atoms with Gasteiger partial charge in [0.15, 0.2) is 0 Å². The Balaban J connectivity index is 0.963. The Morgan fingerprint density at radius 3 is 2.16 bits per heavy atom. The summed E-state index contributed by atoms with van der Waals surface area (Å²) in [6, 6.07) is 13.4. The monoisotopic (exact) mass is 618 g/mol. The van der Waals surface area contributed by atoms with Gasteiger partial charge in [0, 0.05) is 69.3 Å². The third-order valence-electron chi connectivity index (χ3n) is 10.7. The fourth-order valence-electron chi connectivity index (χ4n) is 9.22. The SMILES string of the molecule is CN(CC12CC3CC(CC(C3)C1)C2)C(=O)c1ccc(N2CCN(Cc3cc(-c4cncc(O)c4)cc(C(F)(F)F)c3)CC2)cc1. The van der Waals surface area contributed by atoms with Gasteiger partial charge in [-0.25, -0.2) is 0 Å². The van der Waals surface area contributed by atoms with Crippen LogP contribution in [0.2, 0.25) is 0 Å². The lowest BCUT2D eigenvalue weighted by atomic mass is 9.49. The lowest BCUT2D eigenvalue weighted by Gasteiger charge is -2.57. The number of carbonyl (C=O) groups excluding carboxylic acids is 1. The van der Waals surface area contributed by atoms with E-state index < -0.39 is 11.7 Å². The molecule has 4 saturated carbocycles. The Morgan fingerprint density at radius 1 is 0.911 bits per heavy atom. The van der Waals surface area contributed by atoms with Crippen LogP contribution in [-0.2, 0) is 12.7 Å². The van der Waals surface area contributed by atoms with Crippen LogP contribution in [0, 0.1) is 23.2 Å². The van der Waals surface area contributed by atoms with E-state index in [9.17, 15) is 23.1 Å². The first kappa shape index (κ1) is 30.1. The maximum Gasteiger partial charge on any atom is 0.416 e. The number of alkyl halides is 3. The van der Waals surface area contributed by atoms with E-state index >= 15 is 0 Å². The molecule has 0 spiro atoms. The molecule has 3 aromatic rings. The highest BCUT2D eigenvalue weighted by Crippen LogP contribution is 2.60. The van der Waals surface area contributed by atoms with E-state index in [1.54, 1.807) is 6.07 Å². The quantitative estimate of drug-likeness (QED) is 0.307. The average Bonchev–Trinajstić information content (AvgIpc) is 3.00. The number of benzene rings is 2. The average molecular weight is 619 g/mol. The molecular weight excluding hydrogens is 577 g/mol. The molecule has 0 unspecified atom stereocenters. The number of pyridine rings is 1. The van der Waals surface area contributed by atoms with Crippen molar-refractivity contribution < 1.29 is 23.1 Å². The number of piperazine rings is 1. The molecule has 1 aliphatic heterocycles. The number of nitrogens with zero attached hydrogens (tertiary/aromatic N) is 4. The number of aromatic hydroxyl groups is 1. The summed E-state index contributed by atoms with van der Waals surface area (Å²) < 4.78 is 41.2. The molecule has 8 rings (SSSR count). The lowest BCUT2D eigenvalue weighted by molar-refractivity contribution is -0.137. The zero-order valence-corrected chi connectivity index (χ0v) is 25.8. The van der Waals surface area contributed by atoms with E-state index in [1.165, 1.54) is 63.1 Å². The summed E-state index contributed by atoms with van der Waals surface area (Å²) in [5, 5.41) is 9.80. The van der Waals surface area contributed by atoms with Crippen LogP contribution in [-0.4, -0.2) is 65.6 Å². The lowest BCUT2D eigenvalue weighted by Crippen LogP contribution is -2.51. The van der Waals surface area contributed by atoms with E-state index in [4.69, 9.17) is 0 Å². The van der Waals surface area contributed by atoms with Gasteiger partial charge in [0.05, 0.1) is 11.8 Å². The molecular formula is C36H41F3N4O2. The van der Waals surface area contributed by atoms with E-state index in [2.05, 4.69) is 14.8 Å². The van der Waals surface area contributed by atoms with Crippen molar-refractivity contribution in [1.82, 2.24) is 14.8 Å². The second-order valence-corrected chi connectivity index (χ2v) is 14.2. The summed E-state index contributed by atoms with van der Waals surface area (Å²) in [6.45, 7) is 4.13. The molecule has 1 aromatic heterocycles. The minimum Gasteiger partial charge on any atom is -0.506 e. The minimum absolute atomic E-state index is 0.0871. The first-order valence-corrected chi connectivity index (χ1v) is 16.2. The number of aromatic nitrogens is 1. The van der Waals surface area contributed by atoms with Crippen LogP contribution in [0.4, 0.5) is 18.9 Å². The summed E-state index contributed by atoms with van der Waals surface area (Å²) in [6.07, 6.45) is 6.28. The van der Waals surface area contributed by atoms with Crippen LogP contribution in [0.15, 0.2) is 60.9 Å². The topological polar surface area (TPSA) is 59.9 Å². The molecule has 0 radical (unpaired) electrons. The molecule has 1 N–H and O–H groups in total. The normalized spacial score (nSPS) is 26.3. The van der Waals surface area contributed by atoms with Crippen molar-refractivity contribution >= 4 is 11.6 Å². The van der Waals surface area contributed by atoms with Gasteiger partial charge >= 0.3 is 6.18 Å². The molecule has 45 heavy (non-hydrogen) atoms. The summed E-state index contributed by atoms with van der Waals surface area (Å²) in [5.74, 6) is 2.59. The Labute approximate surface area is 262 Å². The van der Waals surface area contributed by atoms with Crippen molar-refractivity contribution in [2.75, 3.05) is 44.7 Å². The number of hydrogen-bond donors (Lipinski definition) is 1. The van der Waals surface area contributed by atoms with Gasteiger partial charge in [-0.2, -0.15) is 13.2 Å². The highest BCUT2D eigenvalue weighted by Gasteiger charge is 2.51. The summed E-state index contributed by atoms with van der Waals surface area (Å²) in [7, 11) is 1.96. The molecule has 2 aromatic carbocycles. The molecule has 4 bridgehead atoms. The highest BCUT2D eigenvalue weighted by molar-refractivity contribution is 5.94. The largest absolute Gasteiger partial charge is 0.506 e. The van der Waals surface area contributed by atoms with Crippen LogP contribution >= 0.6 is 0 Å². The van der Waals surface area contributed by atoms with Crippen molar-refractivity contribution in [1.29, 1.82) is 0 Å². The first-order chi connectivity index (χ1) is 21.5. The van der Waals surface area contributed by atoms with Gasteiger partial charge in [0.1, 0.15) is 5.75 Å². The van der Waals surface area contributed by atoms with Gasteiger partial charge in [-0.05, 0) is 121 Å². The molecule has 1 saturated heterocycles. The molecule has 1 amide bonds. The fourth-order valence-corrected chi connectivity index (χ4v) is 9.22. The summed E-state index contributed by atoms with van der Waals surface area (Å²) in [4.78, 5) is 23.7. The van der Waals surface area contributed by atoms with Crippen molar-refractivity contribution in [3.05, 3.63) is 77.6 Å². The van der Waals surface area contributed by atoms with Gasteiger partial charge in [-0.15, -0.1) is 0 Å².